The number of nitrogens with zero attached hydrogens (tertiary/aromatic N) is 3. The van der Waals surface area contributed by atoms with Crippen molar-refractivity contribution in [2.75, 3.05) is 33.7 Å². The van der Waals surface area contributed by atoms with Gasteiger partial charge in [-0.2, -0.15) is 0 Å². The Bertz CT molecular complexity index is 490. The van der Waals surface area contributed by atoms with Gasteiger partial charge in [-0.05, 0) is 31.8 Å². The van der Waals surface area contributed by atoms with E-state index in [4.69, 9.17) is 17.3 Å². The van der Waals surface area contributed by atoms with Crippen LogP contribution >= 0.6 is 11.6 Å². The van der Waals surface area contributed by atoms with Crippen LogP contribution in [0.25, 0.3) is 0 Å². The van der Waals surface area contributed by atoms with Gasteiger partial charge in [0.05, 0.1) is 17.6 Å². The second-order valence-corrected chi connectivity index (χ2v) is 5.29. The molecule has 0 aliphatic carbocycles. The third kappa shape index (κ3) is 3.16. The van der Waals surface area contributed by atoms with Gasteiger partial charge in [-0.25, -0.2) is 4.39 Å². The fourth-order valence-corrected chi connectivity index (χ4v) is 2.23. The average Bonchev–Trinajstić information content (AvgIpc) is 2.71. The van der Waals surface area contributed by atoms with Crippen molar-refractivity contribution >= 4 is 17.6 Å². The second kappa shape index (κ2) is 5.75. The molecule has 0 aromatic heterocycles. The van der Waals surface area contributed by atoms with Crippen molar-refractivity contribution in [2.45, 2.75) is 6.04 Å². The van der Waals surface area contributed by atoms with E-state index in [9.17, 15) is 4.39 Å². The first-order valence-electron chi connectivity index (χ1n) is 6.15. The molecular weight excluding hydrogens is 267 g/mol. The van der Waals surface area contributed by atoms with Crippen LogP contribution in [0.5, 0.6) is 0 Å². The van der Waals surface area contributed by atoms with Crippen LogP contribution in [0.1, 0.15) is 11.6 Å². The number of guanidine groups is 1. The Hall–Kier alpha value is -1.33. The predicted molar refractivity (Wildman–Crippen MR) is 75.9 cm³/mol. The molecule has 2 rings (SSSR count). The van der Waals surface area contributed by atoms with Crippen molar-refractivity contribution < 1.29 is 4.39 Å². The van der Waals surface area contributed by atoms with Crippen molar-refractivity contribution in [1.82, 2.24) is 9.80 Å². The number of hydrogen-bond acceptors (Lipinski definition) is 4. The van der Waals surface area contributed by atoms with Gasteiger partial charge < -0.3 is 15.5 Å². The summed E-state index contributed by atoms with van der Waals surface area (Å²) in [6.07, 6.45) is 0. The fraction of sp³-hybridized carbons (Fsp3) is 0.462. The maximum absolute atomic E-state index is 13.5. The predicted octanol–water partition coefficient (Wildman–Crippen LogP) is 1.71. The smallest absolute Gasteiger partial charge is 0.191 e. The second-order valence-electron chi connectivity index (χ2n) is 4.88. The number of aliphatic imine (C=N–C) groups is 1. The normalized spacial score (nSPS) is 19.1. The molecule has 0 radical (unpaired) electrons. The van der Waals surface area contributed by atoms with Gasteiger partial charge >= 0.3 is 0 Å². The van der Waals surface area contributed by atoms with E-state index in [0.29, 0.717) is 12.5 Å². The number of likely N-dealkylation sites (N-methyl/N-ethyl adjacent to an activating group) is 1. The minimum atomic E-state index is -0.405. The lowest BCUT2D eigenvalue weighted by Gasteiger charge is -2.27. The summed E-state index contributed by atoms with van der Waals surface area (Å²) in [7, 11) is 4.00. The summed E-state index contributed by atoms with van der Waals surface area (Å²) in [4.78, 5) is 8.33. The van der Waals surface area contributed by atoms with Crippen molar-refractivity contribution in [3.8, 4) is 0 Å². The fourth-order valence-electron chi connectivity index (χ4n) is 2.11. The molecule has 0 spiro atoms. The standard InChI is InChI=1S/C13H18ClFN4/c1-18(2)5-6-19-12(8-17-13(19)16)9-3-4-10(14)11(15)7-9/h3-4,7,12H,5-6,8H2,1-2H3,(H2,16,17). The van der Waals surface area contributed by atoms with Gasteiger partial charge in [-0.3, -0.25) is 4.99 Å². The van der Waals surface area contributed by atoms with E-state index in [2.05, 4.69) is 9.89 Å². The number of halogens is 2. The van der Waals surface area contributed by atoms with E-state index in [1.807, 2.05) is 25.1 Å². The number of hydrogen-bond donors (Lipinski definition) is 1. The molecule has 1 aromatic rings. The van der Waals surface area contributed by atoms with Gasteiger partial charge in [0.15, 0.2) is 5.96 Å². The van der Waals surface area contributed by atoms with Gasteiger partial charge in [-0.1, -0.05) is 17.7 Å². The first kappa shape index (κ1) is 14.1. The van der Waals surface area contributed by atoms with Crippen molar-refractivity contribution in [3.05, 3.63) is 34.6 Å². The van der Waals surface area contributed by atoms with Gasteiger partial charge in [0, 0.05) is 13.1 Å². The molecule has 104 valence electrons. The number of rotatable bonds is 4. The summed E-state index contributed by atoms with van der Waals surface area (Å²) < 4.78 is 13.5. The zero-order valence-corrected chi connectivity index (χ0v) is 11.9. The van der Waals surface area contributed by atoms with Crippen LogP contribution in [-0.2, 0) is 0 Å². The third-order valence-corrected chi connectivity index (χ3v) is 3.52. The molecule has 0 fully saturated rings. The molecule has 0 saturated carbocycles. The molecule has 6 heteroatoms. The third-order valence-electron chi connectivity index (χ3n) is 3.21. The van der Waals surface area contributed by atoms with Crippen LogP contribution in [0.3, 0.4) is 0 Å². The molecule has 0 saturated heterocycles. The van der Waals surface area contributed by atoms with E-state index in [0.717, 1.165) is 18.7 Å². The molecule has 1 aliphatic rings. The monoisotopic (exact) mass is 284 g/mol. The molecular formula is C13H18ClFN4. The van der Waals surface area contributed by atoms with E-state index in [1.165, 1.54) is 6.07 Å². The van der Waals surface area contributed by atoms with Gasteiger partial charge in [0.1, 0.15) is 5.82 Å². The molecule has 1 aliphatic heterocycles. The molecule has 0 amide bonds. The summed E-state index contributed by atoms with van der Waals surface area (Å²) in [5, 5.41) is 0.135. The molecule has 1 unspecified atom stereocenters. The molecule has 0 bridgehead atoms. The van der Waals surface area contributed by atoms with E-state index in [-0.39, 0.29) is 11.1 Å². The minimum Gasteiger partial charge on any atom is -0.370 e. The lowest BCUT2D eigenvalue weighted by molar-refractivity contribution is 0.293. The Morgan fingerprint density at radius 3 is 2.89 bits per heavy atom. The van der Waals surface area contributed by atoms with Crippen LogP contribution in [0.2, 0.25) is 5.02 Å². The average molecular weight is 285 g/mol. The van der Waals surface area contributed by atoms with Crippen molar-refractivity contribution in [3.63, 3.8) is 0 Å². The van der Waals surface area contributed by atoms with Crippen molar-refractivity contribution in [1.29, 1.82) is 0 Å². The van der Waals surface area contributed by atoms with Crippen LogP contribution in [0.15, 0.2) is 23.2 Å². The summed E-state index contributed by atoms with van der Waals surface area (Å²) in [5.41, 5.74) is 6.75. The van der Waals surface area contributed by atoms with Gasteiger partial charge in [0.2, 0.25) is 0 Å². The summed E-state index contributed by atoms with van der Waals surface area (Å²) in [6.45, 7) is 2.18. The first-order valence-corrected chi connectivity index (χ1v) is 6.53. The summed E-state index contributed by atoms with van der Waals surface area (Å²) >= 11 is 5.71. The van der Waals surface area contributed by atoms with E-state index in [1.54, 1.807) is 6.07 Å². The zero-order chi connectivity index (χ0) is 14.0. The van der Waals surface area contributed by atoms with E-state index >= 15 is 0 Å². The summed E-state index contributed by atoms with van der Waals surface area (Å²) in [5.74, 6) is 0.111. The maximum atomic E-state index is 13.5. The summed E-state index contributed by atoms with van der Waals surface area (Å²) in [6, 6.07) is 4.85. The van der Waals surface area contributed by atoms with Crippen LogP contribution in [0, 0.1) is 5.82 Å². The molecule has 2 N–H and O–H groups in total. The quantitative estimate of drug-likeness (QED) is 0.915. The Labute approximate surface area is 117 Å². The largest absolute Gasteiger partial charge is 0.370 e. The Morgan fingerprint density at radius 1 is 1.53 bits per heavy atom. The topological polar surface area (TPSA) is 44.9 Å². The molecule has 19 heavy (non-hydrogen) atoms. The highest BCUT2D eigenvalue weighted by atomic mass is 35.5. The van der Waals surface area contributed by atoms with Crippen LogP contribution in [-0.4, -0.2) is 49.5 Å². The highest BCUT2D eigenvalue weighted by molar-refractivity contribution is 6.30. The Kier molecular flexibility index (Phi) is 4.27. The molecule has 1 aromatic carbocycles. The van der Waals surface area contributed by atoms with Gasteiger partial charge in [-0.15, -0.1) is 0 Å². The Morgan fingerprint density at radius 2 is 2.26 bits per heavy atom. The number of nitrogens with two attached hydrogens (primary N) is 1. The maximum Gasteiger partial charge on any atom is 0.191 e. The lowest BCUT2D eigenvalue weighted by atomic mass is 10.1. The van der Waals surface area contributed by atoms with Gasteiger partial charge in [0.25, 0.3) is 0 Å². The number of benzene rings is 1. The van der Waals surface area contributed by atoms with Crippen molar-refractivity contribution in [2.24, 2.45) is 10.7 Å². The minimum absolute atomic E-state index is 0.00767. The SMILES string of the molecule is CN(C)CCN1C(N)=NCC1c1ccc(Cl)c(F)c1. The van der Waals surface area contributed by atoms with Crippen LogP contribution < -0.4 is 5.73 Å². The molecule has 1 atom stereocenters. The first-order chi connectivity index (χ1) is 8.99. The zero-order valence-electron chi connectivity index (χ0n) is 11.1. The highest BCUT2D eigenvalue weighted by Gasteiger charge is 2.27. The lowest BCUT2D eigenvalue weighted by Crippen LogP contribution is -2.40. The molecule has 4 nitrogen and oxygen atoms in total. The van der Waals surface area contributed by atoms with E-state index < -0.39 is 5.82 Å². The Balaban J connectivity index is 2.16. The van der Waals surface area contributed by atoms with Crippen LogP contribution in [0.4, 0.5) is 4.39 Å². The highest BCUT2D eigenvalue weighted by Crippen LogP contribution is 2.27. The molecule has 1 heterocycles.